The zero-order valence-electron chi connectivity index (χ0n) is 11.1. The minimum atomic E-state index is -4.31. The van der Waals surface area contributed by atoms with Crippen molar-refractivity contribution in [1.82, 2.24) is 5.32 Å². The number of carbonyl (C=O) groups is 1. The molecule has 0 aliphatic rings. The fourth-order valence-electron chi connectivity index (χ4n) is 1.93. The van der Waals surface area contributed by atoms with Gasteiger partial charge >= 0.3 is 6.18 Å². The molecule has 5 heteroatoms. The van der Waals surface area contributed by atoms with Crippen LogP contribution in [-0.2, 0) is 11.2 Å². The first-order valence-corrected chi connectivity index (χ1v) is 6.24. The highest BCUT2D eigenvalue weighted by Crippen LogP contribution is 2.29. The number of carbonyl (C=O) groups excluding carboxylic acids is 1. The van der Waals surface area contributed by atoms with Gasteiger partial charge in [-0.05, 0) is 17.5 Å². The number of amides is 1. The summed E-state index contributed by atoms with van der Waals surface area (Å²) in [6.45, 7) is 3.26. The fourth-order valence-corrected chi connectivity index (χ4v) is 1.93. The predicted molar refractivity (Wildman–Crippen MR) is 67.7 cm³/mol. The standard InChI is InChI=1S/C14H18F3NO/c1-3-4-11-5-7-12(8-6-11)13(18-10(2)19)9-14(15,16)17/h5-8,13H,3-4,9H2,1-2H3,(H,18,19). The Kier molecular flexibility index (Phi) is 5.39. The van der Waals surface area contributed by atoms with Gasteiger partial charge in [0.25, 0.3) is 0 Å². The number of rotatable bonds is 5. The number of benzene rings is 1. The molecule has 0 fully saturated rings. The summed E-state index contributed by atoms with van der Waals surface area (Å²) in [5.74, 6) is -0.466. The average Bonchev–Trinajstić information content (AvgIpc) is 2.27. The lowest BCUT2D eigenvalue weighted by molar-refractivity contribution is -0.142. The van der Waals surface area contributed by atoms with Gasteiger partial charge in [0.05, 0.1) is 12.5 Å². The van der Waals surface area contributed by atoms with Crippen molar-refractivity contribution in [2.24, 2.45) is 0 Å². The molecular formula is C14H18F3NO. The lowest BCUT2D eigenvalue weighted by Crippen LogP contribution is -2.30. The maximum Gasteiger partial charge on any atom is 0.391 e. The average molecular weight is 273 g/mol. The normalized spacial score (nSPS) is 13.1. The van der Waals surface area contributed by atoms with Gasteiger partial charge < -0.3 is 5.32 Å². The first-order valence-electron chi connectivity index (χ1n) is 6.24. The van der Waals surface area contributed by atoms with Crippen molar-refractivity contribution in [3.63, 3.8) is 0 Å². The van der Waals surface area contributed by atoms with Crippen LogP contribution in [0.4, 0.5) is 13.2 Å². The largest absolute Gasteiger partial charge is 0.391 e. The lowest BCUT2D eigenvalue weighted by Gasteiger charge is -2.20. The third-order valence-corrected chi connectivity index (χ3v) is 2.73. The highest BCUT2D eigenvalue weighted by Gasteiger charge is 2.33. The molecule has 19 heavy (non-hydrogen) atoms. The Bertz CT molecular complexity index is 412. The van der Waals surface area contributed by atoms with E-state index < -0.39 is 24.5 Å². The second-order valence-electron chi connectivity index (χ2n) is 4.56. The summed E-state index contributed by atoms with van der Waals surface area (Å²) in [6.07, 6.45) is -3.49. The topological polar surface area (TPSA) is 29.1 Å². The molecule has 1 aromatic carbocycles. The number of hydrogen-bond acceptors (Lipinski definition) is 1. The van der Waals surface area contributed by atoms with Gasteiger partial charge in [-0.3, -0.25) is 4.79 Å². The van der Waals surface area contributed by atoms with E-state index in [0.29, 0.717) is 5.56 Å². The van der Waals surface area contributed by atoms with Crippen molar-refractivity contribution in [2.75, 3.05) is 0 Å². The van der Waals surface area contributed by atoms with E-state index in [-0.39, 0.29) is 0 Å². The van der Waals surface area contributed by atoms with E-state index in [9.17, 15) is 18.0 Å². The zero-order chi connectivity index (χ0) is 14.5. The summed E-state index contributed by atoms with van der Waals surface area (Å²) in [6, 6.07) is 5.90. The van der Waals surface area contributed by atoms with E-state index in [1.807, 2.05) is 19.1 Å². The molecule has 0 spiro atoms. The highest BCUT2D eigenvalue weighted by atomic mass is 19.4. The quantitative estimate of drug-likeness (QED) is 0.869. The first kappa shape index (κ1) is 15.5. The number of halogens is 3. The summed E-state index contributed by atoms with van der Waals surface area (Å²) in [5.41, 5.74) is 1.56. The van der Waals surface area contributed by atoms with Gasteiger partial charge in [0, 0.05) is 6.92 Å². The SMILES string of the molecule is CCCc1ccc(C(CC(F)(F)F)NC(C)=O)cc1. The molecule has 0 saturated heterocycles. The minimum absolute atomic E-state index is 0.466. The van der Waals surface area contributed by atoms with Crippen molar-refractivity contribution < 1.29 is 18.0 Å². The van der Waals surface area contributed by atoms with Gasteiger partial charge in [0.1, 0.15) is 0 Å². The molecule has 0 aromatic heterocycles. The van der Waals surface area contributed by atoms with E-state index in [0.717, 1.165) is 18.4 Å². The fraction of sp³-hybridized carbons (Fsp3) is 0.500. The van der Waals surface area contributed by atoms with Crippen LogP contribution in [-0.4, -0.2) is 12.1 Å². The number of hydrogen-bond donors (Lipinski definition) is 1. The van der Waals surface area contributed by atoms with Crippen LogP contribution in [0.15, 0.2) is 24.3 Å². The van der Waals surface area contributed by atoms with Crippen molar-refractivity contribution >= 4 is 5.91 Å². The monoisotopic (exact) mass is 273 g/mol. The Labute approximate surface area is 111 Å². The predicted octanol–water partition coefficient (Wildman–Crippen LogP) is 3.77. The van der Waals surface area contributed by atoms with Gasteiger partial charge in [-0.1, -0.05) is 37.6 Å². The van der Waals surface area contributed by atoms with E-state index >= 15 is 0 Å². The molecule has 0 heterocycles. The molecule has 1 aromatic rings. The Morgan fingerprint density at radius 2 is 1.84 bits per heavy atom. The van der Waals surface area contributed by atoms with Crippen LogP contribution >= 0.6 is 0 Å². The maximum atomic E-state index is 12.5. The Morgan fingerprint density at radius 3 is 2.26 bits per heavy atom. The van der Waals surface area contributed by atoms with Crippen LogP contribution in [0.25, 0.3) is 0 Å². The third-order valence-electron chi connectivity index (χ3n) is 2.73. The maximum absolute atomic E-state index is 12.5. The van der Waals surface area contributed by atoms with E-state index in [4.69, 9.17) is 0 Å². The summed E-state index contributed by atoms with van der Waals surface area (Å²) in [7, 11) is 0. The molecule has 0 radical (unpaired) electrons. The first-order chi connectivity index (χ1) is 8.81. The van der Waals surface area contributed by atoms with Crippen LogP contribution in [0.3, 0.4) is 0 Å². The second-order valence-corrected chi connectivity index (χ2v) is 4.56. The summed E-state index contributed by atoms with van der Waals surface area (Å²) in [4.78, 5) is 11.0. The molecule has 2 nitrogen and oxygen atoms in total. The smallest absolute Gasteiger partial charge is 0.349 e. The van der Waals surface area contributed by atoms with Crippen molar-refractivity contribution in [3.8, 4) is 0 Å². The van der Waals surface area contributed by atoms with Crippen LogP contribution < -0.4 is 5.32 Å². The number of nitrogens with one attached hydrogen (secondary N) is 1. The lowest BCUT2D eigenvalue weighted by atomic mass is 10.0. The summed E-state index contributed by atoms with van der Waals surface area (Å²) in [5, 5.41) is 2.35. The van der Waals surface area contributed by atoms with Gasteiger partial charge in [0.15, 0.2) is 0 Å². The Balaban J connectivity index is 2.87. The van der Waals surface area contributed by atoms with Crippen LogP contribution in [0.2, 0.25) is 0 Å². The van der Waals surface area contributed by atoms with E-state index in [1.165, 1.54) is 6.92 Å². The Morgan fingerprint density at radius 1 is 1.26 bits per heavy atom. The van der Waals surface area contributed by atoms with Crippen molar-refractivity contribution in [1.29, 1.82) is 0 Å². The molecule has 0 saturated carbocycles. The van der Waals surface area contributed by atoms with Gasteiger partial charge in [-0.25, -0.2) is 0 Å². The van der Waals surface area contributed by atoms with Crippen molar-refractivity contribution in [3.05, 3.63) is 35.4 Å². The number of aryl methyl sites for hydroxylation is 1. The molecular weight excluding hydrogens is 255 g/mol. The zero-order valence-corrected chi connectivity index (χ0v) is 11.1. The molecule has 1 amide bonds. The summed E-state index contributed by atoms with van der Waals surface area (Å²) >= 11 is 0. The molecule has 0 aliphatic carbocycles. The molecule has 1 atom stereocenters. The highest BCUT2D eigenvalue weighted by molar-refractivity contribution is 5.73. The molecule has 1 N–H and O–H groups in total. The summed E-state index contributed by atoms with van der Waals surface area (Å²) < 4.78 is 37.5. The van der Waals surface area contributed by atoms with Gasteiger partial charge in [-0.2, -0.15) is 13.2 Å². The van der Waals surface area contributed by atoms with Crippen LogP contribution in [0.5, 0.6) is 0 Å². The van der Waals surface area contributed by atoms with Gasteiger partial charge in [-0.15, -0.1) is 0 Å². The molecule has 0 aliphatic heterocycles. The van der Waals surface area contributed by atoms with Crippen LogP contribution in [0, 0.1) is 0 Å². The van der Waals surface area contributed by atoms with E-state index in [2.05, 4.69) is 5.32 Å². The third kappa shape index (κ3) is 5.77. The molecule has 1 rings (SSSR count). The molecule has 1 unspecified atom stereocenters. The Hall–Kier alpha value is -1.52. The number of alkyl halides is 3. The van der Waals surface area contributed by atoms with E-state index in [1.54, 1.807) is 12.1 Å². The minimum Gasteiger partial charge on any atom is -0.349 e. The van der Waals surface area contributed by atoms with Crippen molar-refractivity contribution in [2.45, 2.75) is 45.3 Å². The van der Waals surface area contributed by atoms with Gasteiger partial charge in [0.2, 0.25) is 5.91 Å². The molecule has 106 valence electrons. The second kappa shape index (κ2) is 6.59. The van der Waals surface area contributed by atoms with Crippen LogP contribution in [0.1, 0.15) is 43.9 Å². The molecule has 0 bridgehead atoms.